The third-order valence-electron chi connectivity index (χ3n) is 4.36. The highest BCUT2D eigenvalue weighted by Crippen LogP contribution is 2.22. The topological polar surface area (TPSA) is 50.8 Å². The highest BCUT2D eigenvalue weighted by Gasteiger charge is 2.28. The lowest BCUT2D eigenvalue weighted by atomic mass is 10.1. The molecule has 3 N–H and O–H groups in total. The number of aryl methyl sites for hydroxylation is 1. The van der Waals surface area contributed by atoms with Crippen LogP contribution in [0.1, 0.15) is 18.1 Å². The summed E-state index contributed by atoms with van der Waals surface area (Å²) in [7, 11) is 0. The van der Waals surface area contributed by atoms with E-state index in [1.807, 2.05) is 6.92 Å². The number of nitrogens with one attached hydrogen (secondary N) is 1. The summed E-state index contributed by atoms with van der Waals surface area (Å²) < 4.78 is 0. The quantitative estimate of drug-likeness (QED) is 0.798. The van der Waals surface area contributed by atoms with Gasteiger partial charge >= 0.3 is 0 Å². The fourth-order valence-electron chi connectivity index (χ4n) is 2.75. The molecule has 1 saturated heterocycles. The van der Waals surface area contributed by atoms with E-state index in [9.17, 15) is 4.79 Å². The Bertz CT molecular complexity index is 464. The molecule has 1 fully saturated rings. The summed E-state index contributed by atoms with van der Waals surface area (Å²) in [6.07, 6.45) is 0. The average molecular weight is 262 g/mol. The number of anilines is 1. The van der Waals surface area contributed by atoms with Crippen molar-refractivity contribution in [3.8, 4) is 0 Å². The van der Waals surface area contributed by atoms with Gasteiger partial charge in [-0.3, -0.25) is 4.79 Å². The third kappa shape index (κ3) is 2.89. The lowest BCUT2D eigenvalue weighted by molar-refractivity contribution is -0.914. The van der Waals surface area contributed by atoms with Gasteiger partial charge in [0.05, 0.1) is 26.2 Å². The molecule has 0 saturated carbocycles. The van der Waals surface area contributed by atoms with Crippen LogP contribution < -0.4 is 15.5 Å². The van der Waals surface area contributed by atoms with E-state index in [0.29, 0.717) is 0 Å². The van der Waals surface area contributed by atoms with Crippen molar-refractivity contribution >= 4 is 11.6 Å². The van der Waals surface area contributed by atoms with E-state index in [0.717, 1.165) is 26.2 Å². The van der Waals surface area contributed by atoms with Crippen molar-refractivity contribution in [3.05, 3.63) is 29.3 Å². The van der Waals surface area contributed by atoms with E-state index in [2.05, 4.69) is 36.9 Å². The van der Waals surface area contributed by atoms with Crippen molar-refractivity contribution < 1.29 is 9.69 Å². The summed E-state index contributed by atoms with van der Waals surface area (Å²) in [5.41, 5.74) is 9.39. The Morgan fingerprint density at radius 1 is 1.32 bits per heavy atom. The largest absolute Gasteiger partial charge is 0.365 e. The first-order valence-corrected chi connectivity index (χ1v) is 6.95. The zero-order valence-electron chi connectivity index (χ0n) is 12.1. The van der Waals surface area contributed by atoms with Gasteiger partial charge in [0.15, 0.2) is 6.04 Å². The van der Waals surface area contributed by atoms with Gasteiger partial charge in [-0.05, 0) is 38.0 Å². The Morgan fingerprint density at radius 2 is 1.95 bits per heavy atom. The SMILES string of the molecule is Cc1cccc(N2CC[NH+]([C@@H](C)C(N)=O)CC2)c1C. The summed E-state index contributed by atoms with van der Waals surface area (Å²) in [5, 5.41) is 0. The minimum absolute atomic E-state index is 0.0826. The summed E-state index contributed by atoms with van der Waals surface area (Å²) in [6.45, 7) is 10.2. The van der Waals surface area contributed by atoms with E-state index in [1.54, 1.807) is 0 Å². The normalized spacial score (nSPS) is 18.4. The lowest BCUT2D eigenvalue weighted by Crippen LogP contribution is -3.19. The van der Waals surface area contributed by atoms with Gasteiger partial charge in [0.2, 0.25) is 0 Å². The smallest absolute Gasteiger partial charge is 0.275 e. The molecule has 19 heavy (non-hydrogen) atoms. The monoisotopic (exact) mass is 262 g/mol. The number of carbonyl (C=O) groups is 1. The van der Waals surface area contributed by atoms with Gasteiger partial charge < -0.3 is 15.5 Å². The van der Waals surface area contributed by atoms with Gasteiger partial charge in [0.1, 0.15) is 0 Å². The molecule has 1 aliphatic rings. The van der Waals surface area contributed by atoms with Crippen molar-refractivity contribution in [3.63, 3.8) is 0 Å². The lowest BCUT2D eigenvalue weighted by Gasteiger charge is -2.36. The molecule has 1 atom stereocenters. The van der Waals surface area contributed by atoms with Crippen LogP contribution in [0.5, 0.6) is 0 Å². The standard InChI is InChI=1S/C15H23N3O/c1-11-5-4-6-14(12(11)2)18-9-7-17(8-10-18)13(3)15(16)19/h4-6,13H,7-10H2,1-3H3,(H2,16,19)/p+1/t13-/m0/s1. The number of hydrogen-bond donors (Lipinski definition) is 2. The van der Waals surface area contributed by atoms with Crippen LogP contribution in [0, 0.1) is 13.8 Å². The number of hydrogen-bond acceptors (Lipinski definition) is 2. The first-order valence-electron chi connectivity index (χ1n) is 6.95. The molecular weight excluding hydrogens is 238 g/mol. The first-order chi connectivity index (χ1) is 9.00. The van der Waals surface area contributed by atoms with Crippen LogP contribution in [0.3, 0.4) is 0 Å². The molecule has 0 unspecified atom stereocenters. The van der Waals surface area contributed by atoms with Crippen molar-refractivity contribution in [1.29, 1.82) is 0 Å². The van der Waals surface area contributed by atoms with Gasteiger partial charge in [0, 0.05) is 5.69 Å². The van der Waals surface area contributed by atoms with Crippen molar-refractivity contribution in [2.45, 2.75) is 26.8 Å². The zero-order valence-corrected chi connectivity index (χ0v) is 12.1. The van der Waals surface area contributed by atoms with Crippen LogP contribution in [-0.2, 0) is 4.79 Å². The van der Waals surface area contributed by atoms with Gasteiger partial charge in [-0.2, -0.15) is 0 Å². The first kappa shape index (κ1) is 13.9. The Labute approximate surface area is 115 Å². The molecule has 1 heterocycles. The predicted molar refractivity (Wildman–Crippen MR) is 77.5 cm³/mol. The van der Waals surface area contributed by atoms with Crippen molar-refractivity contribution in [2.24, 2.45) is 5.73 Å². The summed E-state index contributed by atoms with van der Waals surface area (Å²) in [6, 6.07) is 6.37. The van der Waals surface area contributed by atoms with Crippen LogP contribution in [0.2, 0.25) is 0 Å². The molecule has 1 aromatic carbocycles. The Kier molecular flexibility index (Phi) is 4.10. The van der Waals surface area contributed by atoms with E-state index in [-0.39, 0.29) is 11.9 Å². The highest BCUT2D eigenvalue weighted by atomic mass is 16.1. The summed E-state index contributed by atoms with van der Waals surface area (Å²) in [4.78, 5) is 15.0. The zero-order chi connectivity index (χ0) is 14.0. The predicted octanol–water partition coefficient (Wildman–Crippen LogP) is -0.118. The van der Waals surface area contributed by atoms with E-state index < -0.39 is 0 Å². The Hall–Kier alpha value is -1.55. The number of quaternary nitrogens is 1. The van der Waals surface area contributed by atoms with Crippen LogP contribution in [0.15, 0.2) is 18.2 Å². The molecule has 4 heteroatoms. The minimum atomic E-state index is -0.199. The molecule has 1 amide bonds. The molecule has 0 radical (unpaired) electrons. The second kappa shape index (κ2) is 5.61. The number of nitrogens with two attached hydrogens (primary N) is 1. The molecule has 104 valence electrons. The number of nitrogens with zero attached hydrogens (tertiary/aromatic N) is 1. The molecule has 1 aliphatic heterocycles. The van der Waals surface area contributed by atoms with Crippen LogP contribution >= 0.6 is 0 Å². The fraction of sp³-hybridized carbons (Fsp3) is 0.533. The van der Waals surface area contributed by atoms with Crippen LogP contribution in [0.25, 0.3) is 0 Å². The number of benzene rings is 1. The summed E-state index contributed by atoms with van der Waals surface area (Å²) in [5.74, 6) is -0.199. The second-order valence-corrected chi connectivity index (χ2v) is 5.49. The summed E-state index contributed by atoms with van der Waals surface area (Å²) >= 11 is 0. The molecular formula is C15H24N3O+. The minimum Gasteiger partial charge on any atom is -0.365 e. The number of rotatable bonds is 3. The number of amides is 1. The molecule has 0 spiro atoms. The number of carbonyl (C=O) groups excluding carboxylic acids is 1. The van der Waals surface area contributed by atoms with Gasteiger partial charge in [-0.1, -0.05) is 12.1 Å². The maximum absolute atomic E-state index is 11.2. The Morgan fingerprint density at radius 3 is 2.53 bits per heavy atom. The maximum atomic E-state index is 11.2. The molecule has 0 aliphatic carbocycles. The Balaban J connectivity index is 2.04. The molecule has 4 nitrogen and oxygen atoms in total. The van der Waals surface area contributed by atoms with Crippen LogP contribution in [-0.4, -0.2) is 38.1 Å². The van der Waals surface area contributed by atoms with Gasteiger partial charge in [-0.25, -0.2) is 0 Å². The van der Waals surface area contributed by atoms with Crippen molar-refractivity contribution in [2.75, 3.05) is 31.1 Å². The van der Waals surface area contributed by atoms with E-state index in [4.69, 9.17) is 5.73 Å². The fourth-order valence-corrected chi connectivity index (χ4v) is 2.75. The third-order valence-corrected chi connectivity index (χ3v) is 4.36. The van der Waals surface area contributed by atoms with Gasteiger partial charge in [0.25, 0.3) is 5.91 Å². The van der Waals surface area contributed by atoms with Crippen molar-refractivity contribution in [1.82, 2.24) is 0 Å². The molecule has 0 aromatic heterocycles. The van der Waals surface area contributed by atoms with E-state index >= 15 is 0 Å². The van der Waals surface area contributed by atoms with Gasteiger partial charge in [-0.15, -0.1) is 0 Å². The number of piperazine rings is 1. The maximum Gasteiger partial charge on any atom is 0.275 e. The van der Waals surface area contributed by atoms with Crippen LogP contribution in [0.4, 0.5) is 5.69 Å². The molecule has 0 bridgehead atoms. The second-order valence-electron chi connectivity index (χ2n) is 5.49. The highest BCUT2D eigenvalue weighted by molar-refractivity contribution is 5.77. The number of primary amides is 1. The average Bonchev–Trinajstić information content (AvgIpc) is 2.41. The van der Waals surface area contributed by atoms with E-state index in [1.165, 1.54) is 21.7 Å². The molecule has 2 rings (SSSR count). The molecule has 1 aromatic rings.